The summed E-state index contributed by atoms with van der Waals surface area (Å²) < 4.78 is 29.6. The van der Waals surface area contributed by atoms with Gasteiger partial charge in [0.05, 0.1) is 41.2 Å². The first-order valence-electron chi connectivity index (χ1n) is 19.2. The van der Waals surface area contributed by atoms with E-state index < -0.39 is 101 Å². The van der Waals surface area contributed by atoms with Gasteiger partial charge in [-0.05, 0) is 40.7 Å². The van der Waals surface area contributed by atoms with Crippen molar-refractivity contribution in [3.8, 4) is 23.0 Å². The van der Waals surface area contributed by atoms with Crippen molar-refractivity contribution >= 4 is 40.0 Å². The summed E-state index contributed by atoms with van der Waals surface area (Å²) in [6.07, 6.45) is 3.56. The van der Waals surface area contributed by atoms with Gasteiger partial charge in [0.25, 0.3) is 17.6 Å². The average Bonchev–Trinajstić information content (AvgIpc) is 3.41. The smallest absolute Gasteiger partial charge is 0.312 e. The van der Waals surface area contributed by atoms with E-state index >= 15 is 0 Å². The average molecular weight is 811 g/mol. The number of amides is 2. The normalized spacial score (nSPS) is 30.4. The molecule has 0 saturated heterocycles. The molecule has 0 aliphatic carbocycles. The first kappa shape index (κ1) is 45.6. The number of ether oxygens (including phenoxy) is 5. The van der Waals surface area contributed by atoms with Gasteiger partial charge in [0.15, 0.2) is 12.4 Å². The highest BCUT2D eigenvalue weighted by atomic mass is 16.7. The van der Waals surface area contributed by atoms with E-state index in [1.807, 2.05) is 0 Å². The lowest BCUT2D eigenvalue weighted by atomic mass is 9.78. The SMILES string of the molecule is COC1/C=C/OC2(C)Oc3c(C)c(O)c4c(O)c(cc(OCC(=O)NC(C)(C)C)c4c3C2=O)NC(=O)/C(C)=C\C=C\C(C)C(O)C(C)C(O)C(C)C(OC(C)=O)C1C. The number of ketones is 1. The first-order chi connectivity index (χ1) is 26.9. The third kappa shape index (κ3) is 9.59. The van der Waals surface area contributed by atoms with Crippen LogP contribution in [0, 0.1) is 30.6 Å². The van der Waals surface area contributed by atoms with E-state index in [1.165, 1.54) is 59.3 Å². The zero-order valence-corrected chi connectivity index (χ0v) is 35.3. The molecule has 2 aromatic rings. The van der Waals surface area contributed by atoms with E-state index in [4.69, 9.17) is 23.7 Å². The lowest BCUT2D eigenvalue weighted by Crippen LogP contribution is -2.46. The van der Waals surface area contributed by atoms with Crippen molar-refractivity contribution in [1.82, 2.24) is 5.32 Å². The predicted molar refractivity (Wildman–Crippen MR) is 216 cm³/mol. The zero-order chi connectivity index (χ0) is 43.6. The van der Waals surface area contributed by atoms with Crippen LogP contribution in [-0.4, -0.2) is 93.5 Å². The van der Waals surface area contributed by atoms with Gasteiger partial charge in [0.1, 0.15) is 23.4 Å². The van der Waals surface area contributed by atoms with E-state index in [2.05, 4.69) is 10.6 Å². The molecule has 0 fully saturated rings. The van der Waals surface area contributed by atoms with Crippen LogP contribution >= 0.6 is 0 Å². The quantitative estimate of drug-likeness (QED) is 0.166. The molecule has 15 heteroatoms. The number of aromatic hydroxyl groups is 2. The minimum absolute atomic E-state index is 0.0675. The molecule has 9 unspecified atom stereocenters. The molecule has 3 aliphatic rings. The molecule has 15 nitrogen and oxygen atoms in total. The summed E-state index contributed by atoms with van der Waals surface area (Å²) in [7, 11) is 1.43. The molecular weight excluding hydrogens is 752 g/mol. The van der Waals surface area contributed by atoms with Crippen molar-refractivity contribution in [3.05, 3.63) is 53.3 Å². The minimum atomic E-state index is -2.03. The number of rotatable bonds is 5. The van der Waals surface area contributed by atoms with Crippen LogP contribution in [0.1, 0.15) is 85.2 Å². The lowest BCUT2D eigenvalue weighted by molar-refractivity contribution is -0.160. The zero-order valence-electron chi connectivity index (χ0n) is 35.3. The summed E-state index contributed by atoms with van der Waals surface area (Å²) in [5.41, 5.74) is -0.653. The van der Waals surface area contributed by atoms with Gasteiger partial charge in [-0.2, -0.15) is 0 Å². The topological polar surface area (TPSA) is 219 Å². The number of carbonyl (C=O) groups excluding carboxylic acids is 4. The van der Waals surface area contributed by atoms with E-state index in [9.17, 15) is 39.6 Å². The summed E-state index contributed by atoms with van der Waals surface area (Å²) >= 11 is 0. The van der Waals surface area contributed by atoms with Crippen LogP contribution in [0.25, 0.3) is 10.8 Å². The van der Waals surface area contributed by atoms with Gasteiger partial charge >= 0.3 is 11.8 Å². The number of aliphatic hydroxyl groups is 2. The molecule has 3 aliphatic heterocycles. The first-order valence-corrected chi connectivity index (χ1v) is 19.2. The van der Waals surface area contributed by atoms with Crippen LogP contribution in [-0.2, 0) is 28.6 Å². The molecule has 6 N–H and O–H groups in total. The van der Waals surface area contributed by atoms with Crippen molar-refractivity contribution in [2.75, 3.05) is 19.0 Å². The fourth-order valence-electron chi connectivity index (χ4n) is 7.35. The Hall–Kier alpha value is -5.12. The predicted octanol–water partition coefficient (Wildman–Crippen LogP) is 5.34. The molecule has 0 saturated carbocycles. The van der Waals surface area contributed by atoms with Gasteiger partial charge in [-0.3, -0.25) is 19.2 Å². The summed E-state index contributed by atoms with van der Waals surface area (Å²) in [5.74, 6) is -8.24. The van der Waals surface area contributed by atoms with Crippen LogP contribution in [0.5, 0.6) is 23.0 Å². The van der Waals surface area contributed by atoms with Crippen LogP contribution in [0.4, 0.5) is 5.69 Å². The van der Waals surface area contributed by atoms with Gasteiger partial charge < -0.3 is 54.7 Å². The number of fused-ring (bicyclic) bond motifs is 14. The Labute approximate surface area is 339 Å². The summed E-state index contributed by atoms with van der Waals surface area (Å²) in [6.45, 7) is 17.3. The number of methoxy groups -OCH3 is 1. The maximum absolute atomic E-state index is 14.4. The standard InChI is InChI=1S/C43H58N2O13/c1-20-14-13-15-21(2)41(53)44-27-18-29(55-19-30(47)45-42(8,9)10)31-32(37(27)51)36(50)25(6)39-33(31)40(52)43(11,58-39)56-17-16-28(54-12)22(3)38(57-26(7)46)24(5)35(49)23(4)34(20)48/h13-18,20,22-24,28,34-35,38,48-51H,19H2,1-12H3,(H,44,53)(H,45,47)/b14-13+,17-16+,21-15-. The van der Waals surface area contributed by atoms with E-state index in [1.54, 1.807) is 60.6 Å². The third-order valence-corrected chi connectivity index (χ3v) is 10.7. The molecule has 0 spiro atoms. The number of Topliss-reactive ketones (excluding diaryl/α,β-unsaturated/α-hetero) is 1. The number of phenolic OH excluding ortho intramolecular Hbond substituents is 2. The van der Waals surface area contributed by atoms with Crippen molar-refractivity contribution in [2.24, 2.45) is 23.7 Å². The Balaban J connectivity index is 1.93. The molecule has 318 valence electrons. The third-order valence-electron chi connectivity index (χ3n) is 10.7. The summed E-state index contributed by atoms with van der Waals surface area (Å²) in [6, 6.07) is 1.25. The van der Waals surface area contributed by atoms with Crippen molar-refractivity contribution < 1.29 is 63.3 Å². The summed E-state index contributed by atoms with van der Waals surface area (Å²) in [5, 5.41) is 51.1. The second kappa shape index (κ2) is 17.8. The highest BCUT2D eigenvalue weighted by molar-refractivity contribution is 6.21. The molecule has 5 bridgehead atoms. The molecule has 9 atom stereocenters. The molecule has 58 heavy (non-hydrogen) atoms. The van der Waals surface area contributed by atoms with Crippen LogP contribution < -0.4 is 20.1 Å². The van der Waals surface area contributed by atoms with Crippen molar-refractivity contribution in [3.63, 3.8) is 0 Å². The number of anilines is 1. The largest absolute Gasteiger partial charge is 0.507 e. The fraction of sp³-hybridized carbons (Fsp3) is 0.535. The molecule has 2 aromatic carbocycles. The lowest BCUT2D eigenvalue weighted by Gasteiger charge is -2.38. The Morgan fingerprint density at radius 2 is 1.62 bits per heavy atom. The fourth-order valence-corrected chi connectivity index (χ4v) is 7.35. The second-order valence-electron chi connectivity index (χ2n) is 16.5. The molecule has 0 aromatic heterocycles. The molecule has 3 heterocycles. The van der Waals surface area contributed by atoms with E-state index in [-0.39, 0.29) is 44.7 Å². The van der Waals surface area contributed by atoms with Gasteiger partial charge in [0, 0.05) is 72.8 Å². The number of hydrogen-bond donors (Lipinski definition) is 6. The maximum atomic E-state index is 14.4. The number of phenols is 2. The van der Waals surface area contributed by atoms with Gasteiger partial charge in [-0.25, -0.2) is 0 Å². The summed E-state index contributed by atoms with van der Waals surface area (Å²) in [4.78, 5) is 53.2. The maximum Gasteiger partial charge on any atom is 0.312 e. The van der Waals surface area contributed by atoms with Crippen molar-refractivity contribution in [2.45, 2.75) is 112 Å². The minimum Gasteiger partial charge on any atom is -0.507 e. The Kier molecular flexibility index (Phi) is 14.0. The Morgan fingerprint density at radius 1 is 0.966 bits per heavy atom. The van der Waals surface area contributed by atoms with Crippen LogP contribution in [0.15, 0.2) is 42.2 Å². The molecule has 5 rings (SSSR count). The number of nitrogens with one attached hydrogen (secondary N) is 2. The monoisotopic (exact) mass is 810 g/mol. The van der Waals surface area contributed by atoms with Crippen LogP contribution in [0.3, 0.4) is 0 Å². The van der Waals surface area contributed by atoms with Crippen molar-refractivity contribution in [1.29, 1.82) is 0 Å². The number of allylic oxidation sites excluding steroid dienone is 2. The molecule has 2 amide bonds. The number of aliphatic hydroxyl groups excluding tert-OH is 2. The Morgan fingerprint density at radius 3 is 2.22 bits per heavy atom. The van der Waals surface area contributed by atoms with Crippen LogP contribution in [0.2, 0.25) is 0 Å². The number of carbonyl (C=O) groups is 4. The van der Waals surface area contributed by atoms with E-state index in [0.29, 0.717) is 0 Å². The number of benzene rings is 2. The Bertz CT molecular complexity index is 2010. The van der Waals surface area contributed by atoms with Gasteiger partial charge in [0.2, 0.25) is 0 Å². The van der Waals surface area contributed by atoms with E-state index in [0.717, 1.165) is 0 Å². The second-order valence-corrected chi connectivity index (χ2v) is 16.5. The molecular formula is C43H58N2O13. The highest BCUT2D eigenvalue weighted by Crippen LogP contribution is 2.54. The number of esters is 1. The van der Waals surface area contributed by atoms with Gasteiger partial charge in [-0.15, -0.1) is 0 Å². The molecule has 0 radical (unpaired) electrons. The van der Waals surface area contributed by atoms with Gasteiger partial charge in [-0.1, -0.05) is 45.9 Å². The highest BCUT2D eigenvalue weighted by Gasteiger charge is 2.49. The number of hydrogen-bond acceptors (Lipinski definition) is 13.